The van der Waals surface area contributed by atoms with Crippen molar-refractivity contribution >= 4 is 0 Å². The van der Waals surface area contributed by atoms with Crippen molar-refractivity contribution in [2.75, 3.05) is 19.8 Å². The van der Waals surface area contributed by atoms with Gasteiger partial charge in [0.25, 0.3) is 0 Å². The van der Waals surface area contributed by atoms with Crippen LogP contribution in [0.1, 0.15) is 79.1 Å². The molecule has 0 saturated heterocycles. The first-order valence-corrected chi connectivity index (χ1v) is 8.54. The summed E-state index contributed by atoms with van der Waals surface area (Å²) in [6.45, 7) is 10.8. The summed E-state index contributed by atoms with van der Waals surface area (Å²) in [6.07, 6.45) is 9.83. The fraction of sp³-hybridized carbons (Fsp3) is 1.00. The first-order valence-electron chi connectivity index (χ1n) is 8.54. The van der Waals surface area contributed by atoms with Crippen LogP contribution in [-0.4, -0.2) is 31.5 Å². The molecule has 0 aliphatic carbocycles. The molecule has 3 heteroatoms. The Morgan fingerprint density at radius 2 is 1.40 bits per heavy atom. The quantitative estimate of drug-likeness (QED) is 0.485. The van der Waals surface area contributed by atoms with Crippen molar-refractivity contribution in [1.82, 2.24) is 0 Å². The molecule has 3 nitrogen and oxygen atoms in total. The van der Waals surface area contributed by atoms with Crippen molar-refractivity contribution in [1.29, 1.82) is 0 Å². The van der Waals surface area contributed by atoms with Gasteiger partial charge in [0.05, 0.1) is 11.7 Å². The maximum atomic E-state index is 6.00. The molecule has 1 atom stereocenters. The summed E-state index contributed by atoms with van der Waals surface area (Å²) in [5.74, 6) is 0. The third-order valence-electron chi connectivity index (χ3n) is 3.78. The van der Waals surface area contributed by atoms with E-state index in [1.807, 2.05) is 0 Å². The van der Waals surface area contributed by atoms with Gasteiger partial charge < -0.3 is 15.2 Å². The van der Waals surface area contributed by atoms with Gasteiger partial charge >= 0.3 is 0 Å². The molecular formula is C17H37NO2. The molecule has 0 heterocycles. The van der Waals surface area contributed by atoms with E-state index in [-0.39, 0.29) is 11.7 Å². The van der Waals surface area contributed by atoms with E-state index in [4.69, 9.17) is 15.2 Å². The second-order valence-corrected chi connectivity index (χ2v) is 6.17. The van der Waals surface area contributed by atoms with Gasteiger partial charge in [-0.15, -0.1) is 0 Å². The Balaban J connectivity index is 3.86. The molecule has 1 unspecified atom stereocenters. The van der Waals surface area contributed by atoms with Crippen molar-refractivity contribution in [3.63, 3.8) is 0 Å². The van der Waals surface area contributed by atoms with Crippen LogP contribution < -0.4 is 5.73 Å². The summed E-state index contributed by atoms with van der Waals surface area (Å²) in [7, 11) is 0. The lowest BCUT2D eigenvalue weighted by Gasteiger charge is -2.33. The van der Waals surface area contributed by atoms with Crippen LogP contribution in [0.25, 0.3) is 0 Å². The van der Waals surface area contributed by atoms with Gasteiger partial charge in [-0.05, 0) is 26.7 Å². The zero-order chi connectivity index (χ0) is 15.3. The molecular weight excluding hydrogens is 250 g/mol. The molecule has 0 saturated carbocycles. The number of hydrogen-bond donors (Lipinski definition) is 1. The van der Waals surface area contributed by atoms with Crippen molar-refractivity contribution < 1.29 is 9.47 Å². The minimum Gasteiger partial charge on any atom is -0.374 e. The van der Waals surface area contributed by atoms with E-state index >= 15 is 0 Å². The molecule has 0 aliphatic heterocycles. The molecule has 0 aliphatic rings. The van der Waals surface area contributed by atoms with Crippen LogP contribution in [0.5, 0.6) is 0 Å². The van der Waals surface area contributed by atoms with Crippen molar-refractivity contribution in [2.45, 2.75) is 90.8 Å². The van der Waals surface area contributed by atoms with E-state index in [0.29, 0.717) is 6.54 Å². The molecule has 0 aromatic carbocycles. The monoisotopic (exact) mass is 287 g/mol. The number of rotatable bonds is 14. The van der Waals surface area contributed by atoms with Crippen LogP contribution in [-0.2, 0) is 9.47 Å². The average Bonchev–Trinajstić information content (AvgIpc) is 2.42. The van der Waals surface area contributed by atoms with E-state index in [1.54, 1.807) is 0 Å². The zero-order valence-corrected chi connectivity index (χ0v) is 14.2. The standard InChI is InChI=1S/C17H37NO2/c1-5-7-9-11-13-19-16(15-18)17(3,4)20-14-12-10-8-6-2/h16H,5-15,18H2,1-4H3. The molecule has 0 fully saturated rings. The summed E-state index contributed by atoms with van der Waals surface area (Å²) < 4.78 is 11.9. The summed E-state index contributed by atoms with van der Waals surface area (Å²) in [4.78, 5) is 0. The lowest BCUT2D eigenvalue weighted by molar-refractivity contribution is -0.124. The highest BCUT2D eigenvalue weighted by Gasteiger charge is 2.29. The molecule has 0 amide bonds. The smallest absolute Gasteiger partial charge is 0.0980 e. The van der Waals surface area contributed by atoms with Crippen molar-refractivity contribution in [2.24, 2.45) is 5.73 Å². The van der Waals surface area contributed by atoms with Gasteiger partial charge in [-0.2, -0.15) is 0 Å². The Kier molecular flexibility index (Phi) is 12.5. The predicted octanol–water partition coefficient (Wildman–Crippen LogP) is 4.29. The van der Waals surface area contributed by atoms with Crippen LogP contribution in [0, 0.1) is 0 Å². The zero-order valence-electron chi connectivity index (χ0n) is 14.2. The molecule has 0 rings (SSSR count). The summed E-state index contributed by atoms with van der Waals surface area (Å²) in [5.41, 5.74) is 5.56. The van der Waals surface area contributed by atoms with Gasteiger partial charge in [0.1, 0.15) is 0 Å². The van der Waals surface area contributed by atoms with E-state index < -0.39 is 0 Å². The molecule has 0 spiro atoms. The third kappa shape index (κ3) is 9.73. The molecule has 122 valence electrons. The number of nitrogens with two attached hydrogens (primary N) is 1. The van der Waals surface area contributed by atoms with Gasteiger partial charge in [-0.25, -0.2) is 0 Å². The lowest BCUT2D eigenvalue weighted by Crippen LogP contribution is -2.46. The molecule has 0 aromatic rings. The normalized spacial score (nSPS) is 13.7. The summed E-state index contributed by atoms with van der Waals surface area (Å²) >= 11 is 0. The van der Waals surface area contributed by atoms with Gasteiger partial charge in [0.15, 0.2) is 0 Å². The van der Waals surface area contributed by atoms with Crippen LogP contribution in [0.15, 0.2) is 0 Å². The second kappa shape index (κ2) is 12.6. The molecule has 20 heavy (non-hydrogen) atoms. The van der Waals surface area contributed by atoms with Crippen LogP contribution in [0.2, 0.25) is 0 Å². The largest absolute Gasteiger partial charge is 0.374 e. The highest BCUT2D eigenvalue weighted by atomic mass is 16.5. The molecule has 0 radical (unpaired) electrons. The minimum atomic E-state index is -0.286. The van der Waals surface area contributed by atoms with Crippen LogP contribution >= 0.6 is 0 Å². The highest BCUT2D eigenvalue weighted by Crippen LogP contribution is 2.19. The highest BCUT2D eigenvalue weighted by molar-refractivity contribution is 4.81. The van der Waals surface area contributed by atoms with Crippen LogP contribution in [0.4, 0.5) is 0 Å². The van der Waals surface area contributed by atoms with Gasteiger partial charge in [-0.3, -0.25) is 0 Å². The van der Waals surface area contributed by atoms with Crippen molar-refractivity contribution in [3.05, 3.63) is 0 Å². The van der Waals surface area contributed by atoms with Gasteiger partial charge in [0.2, 0.25) is 0 Å². The Bertz CT molecular complexity index is 207. The van der Waals surface area contributed by atoms with Gasteiger partial charge in [0, 0.05) is 19.8 Å². The second-order valence-electron chi connectivity index (χ2n) is 6.17. The first kappa shape index (κ1) is 19.9. The molecule has 0 aromatic heterocycles. The topological polar surface area (TPSA) is 44.5 Å². The number of ether oxygens (including phenoxy) is 2. The Labute approximate surface area is 126 Å². The molecule has 2 N–H and O–H groups in total. The first-order chi connectivity index (χ1) is 9.58. The average molecular weight is 287 g/mol. The molecule has 0 bridgehead atoms. The SMILES string of the molecule is CCCCCCOC(CN)C(C)(C)OCCCCCC. The number of hydrogen-bond acceptors (Lipinski definition) is 3. The lowest BCUT2D eigenvalue weighted by atomic mass is 10.0. The maximum absolute atomic E-state index is 6.00. The van der Waals surface area contributed by atoms with E-state index in [0.717, 1.165) is 26.1 Å². The Hall–Kier alpha value is -0.120. The summed E-state index contributed by atoms with van der Waals surface area (Å²) in [6, 6.07) is 0. The predicted molar refractivity (Wildman–Crippen MR) is 87.1 cm³/mol. The third-order valence-corrected chi connectivity index (χ3v) is 3.78. The Morgan fingerprint density at radius 1 is 0.850 bits per heavy atom. The van der Waals surface area contributed by atoms with Crippen LogP contribution in [0.3, 0.4) is 0 Å². The van der Waals surface area contributed by atoms with E-state index in [9.17, 15) is 0 Å². The fourth-order valence-electron chi connectivity index (χ4n) is 2.26. The minimum absolute atomic E-state index is 0.00435. The van der Waals surface area contributed by atoms with E-state index in [2.05, 4.69) is 27.7 Å². The summed E-state index contributed by atoms with van der Waals surface area (Å²) in [5, 5.41) is 0. The van der Waals surface area contributed by atoms with Gasteiger partial charge in [-0.1, -0.05) is 52.4 Å². The maximum Gasteiger partial charge on any atom is 0.0980 e. The van der Waals surface area contributed by atoms with Crippen molar-refractivity contribution in [3.8, 4) is 0 Å². The van der Waals surface area contributed by atoms with E-state index in [1.165, 1.54) is 38.5 Å². The number of unbranched alkanes of at least 4 members (excludes halogenated alkanes) is 6. The Morgan fingerprint density at radius 3 is 1.90 bits per heavy atom. The fourth-order valence-corrected chi connectivity index (χ4v) is 2.26.